The standard InChI is InChI=1S/C14H23N3O/c1-4-11-5-6-12(9-16-11)17-7-8-18-13(10-17)14(2,3)15/h5-6,9,13H,4,7-8,10,15H2,1-3H3/t13-/m1/s1. The molecule has 1 fully saturated rings. The second-order valence-corrected chi connectivity index (χ2v) is 5.49. The molecule has 1 aliphatic rings. The highest BCUT2D eigenvalue weighted by molar-refractivity contribution is 5.45. The molecule has 1 aromatic heterocycles. The minimum atomic E-state index is -0.310. The molecule has 0 spiro atoms. The normalized spacial score (nSPS) is 21.1. The molecule has 0 bridgehead atoms. The molecular weight excluding hydrogens is 226 g/mol. The van der Waals surface area contributed by atoms with Gasteiger partial charge in [-0.05, 0) is 32.4 Å². The highest BCUT2D eigenvalue weighted by Gasteiger charge is 2.31. The van der Waals surface area contributed by atoms with Gasteiger partial charge in [0.05, 0.1) is 24.6 Å². The Morgan fingerprint density at radius 2 is 2.28 bits per heavy atom. The van der Waals surface area contributed by atoms with E-state index in [0.29, 0.717) is 0 Å². The van der Waals surface area contributed by atoms with Crippen LogP contribution in [0.3, 0.4) is 0 Å². The van der Waals surface area contributed by atoms with Gasteiger partial charge in [0.15, 0.2) is 0 Å². The van der Waals surface area contributed by atoms with E-state index >= 15 is 0 Å². The molecule has 4 heteroatoms. The average Bonchev–Trinajstić information content (AvgIpc) is 2.38. The molecule has 0 unspecified atom stereocenters. The van der Waals surface area contributed by atoms with Crippen molar-refractivity contribution in [1.82, 2.24) is 4.98 Å². The number of anilines is 1. The summed E-state index contributed by atoms with van der Waals surface area (Å²) < 4.78 is 5.75. The maximum absolute atomic E-state index is 6.13. The highest BCUT2D eigenvalue weighted by Crippen LogP contribution is 2.21. The fraction of sp³-hybridized carbons (Fsp3) is 0.643. The van der Waals surface area contributed by atoms with Gasteiger partial charge in [0.25, 0.3) is 0 Å². The zero-order valence-corrected chi connectivity index (χ0v) is 11.5. The number of morpholine rings is 1. The summed E-state index contributed by atoms with van der Waals surface area (Å²) in [5, 5.41) is 0. The Morgan fingerprint density at radius 3 is 2.83 bits per heavy atom. The van der Waals surface area contributed by atoms with Crippen LogP contribution < -0.4 is 10.6 Å². The number of aryl methyl sites for hydroxylation is 1. The van der Waals surface area contributed by atoms with Gasteiger partial charge >= 0.3 is 0 Å². The maximum atomic E-state index is 6.13. The molecule has 1 aliphatic heterocycles. The Kier molecular flexibility index (Phi) is 3.88. The fourth-order valence-corrected chi connectivity index (χ4v) is 2.15. The minimum absolute atomic E-state index is 0.0668. The predicted octanol–water partition coefficient (Wildman–Crippen LogP) is 1.59. The average molecular weight is 249 g/mol. The molecule has 0 aliphatic carbocycles. The minimum Gasteiger partial charge on any atom is -0.373 e. The number of pyridine rings is 1. The van der Waals surface area contributed by atoms with Crippen molar-refractivity contribution in [2.75, 3.05) is 24.6 Å². The van der Waals surface area contributed by atoms with Crippen molar-refractivity contribution in [2.24, 2.45) is 5.73 Å². The van der Waals surface area contributed by atoms with E-state index in [1.807, 2.05) is 20.0 Å². The number of hydrogen-bond acceptors (Lipinski definition) is 4. The van der Waals surface area contributed by atoms with E-state index in [1.165, 1.54) is 0 Å². The second kappa shape index (κ2) is 5.24. The number of aromatic nitrogens is 1. The first-order chi connectivity index (χ1) is 8.50. The summed E-state index contributed by atoms with van der Waals surface area (Å²) in [4.78, 5) is 6.75. The number of rotatable bonds is 3. The van der Waals surface area contributed by atoms with Crippen LogP contribution in [0, 0.1) is 0 Å². The van der Waals surface area contributed by atoms with Crippen LogP contribution in [-0.4, -0.2) is 36.3 Å². The van der Waals surface area contributed by atoms with Gasteiger partial charge in [-0.25, -0.2) is 0 Å². The molecule has 2 N–H and O–H groups in total. The first kappa shape index (κ1) is 13.3. The van der Waals surface area contributed by atoms with Crippen molar-refractivity contribution < 1.29 is 4.74 Å². The summed E-state index contributed by atoms with van der Waals surface area (Å²) in [7, 11) is 0. The molecule has 100 valence electrons. The van der Waals surface area contributed by atoms with Crippen LogP contribution in [0.5, 0.6) is 0 Å². The fourth-order valence-electron chi connectivity index (χ4n) is 2.15. The van der Waals surface area contributed by atoms with Crippen LogP contribution in [-0.2, 0) is 11.2 Å². The van der Waals surface area contributed by atoms with Crippen LogP contribution in [0.2, 0.25) is 0 Å². The van der Waals surface area contributed by atoms with Crippen molar-refractivity contribution in [3.05, 3.63) is 24.0 Å². The summed E-state index contributed by atoms with van der Waals surface area (Å²) >= 11 is 0. The first-order valence-electron chi connectivity index (χ1n) is 6.61. The molecule has 18 heavy (non-hydrogen) atoms. The molecule has 0 saturated carbocycles. The predicted molar refractivity (Wildman–Crippen MR) is 73.8 cm³/mol. The monoisotopic (exact) mass is 249 g/mol. The third-order valence-corrected chi connectivity index (χ3v) is 3.43. The van der Waals surface area contributed by atoms with E-state index in [4.69, 9.17) is 10.5 Å². The summed E-state index contributed by atoms with van der Waals surface area (Å²) in [6.07, 6.45) is 2.99. The summed E-state index contributed by atoms with van der Waals surface area (Å²) in [6, 6.07) is 4.23. The lowest BCUT2D eigenvalue weighted by atomic mass is 9.97. The quantitative estimate of drug-likeness (QED) is 0.884. The SMILES string of the molecule is CCc1ccc(N2CCO[C@@H](C(C)(C)N)C2)cn1. The van der Waals surface area contributed by atoms with E-state index < -0.39 is 0 Å². The van der Waals surface area contributed by atoms with Crippen molar-refractivity contribution in [1.29, 1.82) is 0 Å². The van der Waals surface area contributed by atoms with Gasteiger partial charge in [0.1, 0.15) is 0 Å². The molecule has 1 aromatic rings. The van der Waals surface area contributed by atoms with Gasteiger partial charge in [-0.3, -0.25) is 4.98 Å². The van der Waals surface area contributed by atoms with Gasteiger partial charge in [-0.15, -0.1) is 0 Å². The lowest BCUT2D eigenvalue weighted by molar-refractivity contribution is -0.000229. The van der Waals surface area contributed by atoms with E-state index in [2.05, 4.69) is 28.9 Å². The molecule has 0 amide bonds. The number of ether oxygens (including phenoxy) is 1. The lowest BCUT2D eigenvalue weighted by Crippen LogP contribution is -2.56. The highest BCUT2D eigenvalue weighted by atomic mass is 16.5. The van der Waals surface area contributed by atoms with Gasteiger partial charge in [0, 0.05) is 24.3 Å². The van der Waals surface area contributed by atoms with Crippen molar-refractivity contribution in [2.45, 2.75) is 38.8 Å². The number of nitrogens with two attached hydrogens (primary N) is 1. The molecular formula is C14H23N3O. The first-order valence-corrected chi connectivity index (χ1v) is 6.61. The Bertz CT molecular complexity index is 383. The number of nitrogens with zero attached hydrogens (tertiary/aromatic N) is 2. The van der Waals surface area contributed by atoms with Crippen molar-refractivity contribution >= 4 is 5.69 Å². The zero-order chi connectivity index (χ0) is 13.2. The molecule has 0 aromatic carbocycles. The third kappa shape index (κ3) is 3.00. The van der Waals surface area contributed by atoms with E-state index in [0.717, 1.165) is 37.5 Å². The van der Waals surface area contributed by atoms with Crippen LogP contribution in [0.25, 0.3) is 0 Å². The molecule has 4 nitrogen and oxygen atoms in total. The topological polar surface area (TPSA) is 51.4 Å². The summed E-state index contributed by atoms with van der Waals surface area (Å²) in [6.45, 7) is 8.60. The van der Waals surface area contributed by atoms with Crippen LogP contribution >= 0.6 is 0 Å². The van der Waals surface area contributed by atoms with Crippen LogP contribution in [0.4, 0.5) is 5.69 Å². The summed E-state index contributed by atoms with van der Waals surface area (Å²) in [5.74, 6) is 0. The third-order valence-electron chi connectivity index (χ3n) is 3.43. The van der Waals surface area contributed by atoms with Gasteiger partial charge in [-0.1, -0.05) is 6.92 Å². The van der Waals surface area contributed by atoms with Gasteiger partial charge in [0.2, 0.25) is 0 Å². The molecule has 1 atom stereocenters. The van der Waals surface area contributed by atoms with E-state index in [9.17, 15) is 0 Å². The zero-order valence-electron chi connectivity index (χ0n) is 11.5. The molecule has 2 rings (SSSR count). The molecule has 0 radical (unpaired) electrons. The summed E-state index contributed by atoms with van der Waals surface area (Å²) in [5.41, 5.74) is 8.10. The van der Waals surface area contributed by atoms with Crippen molar-refractivity contribution in [3.8, 4) is 0 Å². The van der Waals surface area contributed by atoms with Gasteiger partial charge < -0.3 is 15.4 Å². The Morgan fingerprint density at radius 1 is 1.50 bits per heavy atom. The Labute approximate surface area is 109 Å². The van der Waals surface area contributed by atoms with Gasteiger partial charge in [-0.2, -0.15) is 0 Å². The largest absolute Gasteiger partial charge is 0.373 e. The lowest BCUT2D eigenvalue weighted by Gasteiger charge is -2.40. The number of hydrogen-bond donors (Lipinski definition) is 1. The van der Waals surface area contributed by atoms with E-state index in [1.54, 1.807) is 0 Å². The molecule has 2 heterocycles. The van der Waals surface area contributed by atoms with Crippen molar-refractivity contribution in [3.63, 3.8) is 0 Å². The smallest absolute Gasteiger partial charge is 0.0924 e. The maximum Gasteiger partial charge on any atom is 0.0924 e. The van der Waals surface area contributed by atoms with E-state index in [-0.39, 0.29) is 11.6 Å². The van der Waals surface area contributed by atoms with Crippen LogP contribution in [0.1, 0.15) is 26.5 Å². The second-order valence-electron chi connectivity index (χ2n) is 5.49. The molecule has 1 saturated heterocycles. The van der Waals surface area contributed by atoms with Crippen LogP contribution in [0.15, 0.2) is 18.3 Å². The Hall–Kier alpha value is -1.13. The Balaban J connectivity index is 2.08.